The number of amides is 1. The average molecular weight is 345 g/mol. The number of aryl methyl sites for hydroxylation is 2. The molecule has 1 aliphatic heterocycles. The monoisotopic (exact) mass is 345 g/mol. The van der Waals surface area contributed by atoms with Crippen molar-refractivity contribution in [2.24, 2.45) is 0 Å². The van der Waals surface area contributed by atoms with Gasteiger partial charge in [-0.15, -0.1) is 11.3 Å². The molecule has 5 nitrogen and oxygen atoms in total. The minimum absolute atomic E-state index is 0.0961. The van der Waals surface area contributed by atoms with Crippen LogP contribution >= 0.6 is 11.3 Å². The van der Waals surface area contributed by atoms with Crippen LogP contribution in [0.15, 0.2) is 35.8 Å². The average Bonchev–Trinajstić information content (AvgIpc) is 3.12. The van der Waals surface area contributed by atoms with Gasteiger partial charge in [-0.3, -0.25) is 4.79 Å². The normalized spacial score (nSPS) is 17.8. The summed E-state index contributed by atoms with van der Waals surface area (Å²) in [6, 6.07) is 7.98. The van der Waals surface area contributed by atoms with Gasteiger partial charge in [0.15, 0.2) is 0 Å². The van der Waals surface area contributed by atoms with Gasteiger partial charge in [-0.2, -0.15) is 0 Å². The van der Waals surface area contributed by atoms with E-state index in [1.165, 1.54) is 4.88 Å². The standard InChI is InChI=1S/C18H23N3O2S/c19-17-12-14(7-8-20-17)3-4-15-13-21(9-10-23-15)18(22)6-5-16-2-1-11-24-16/h1-2,7-8,11-12,15H,3-6,9-10,13H2,(H2,19,20)/t15-/m1/s1. The highest BCUT2D eigenvalue weighted by Crippen LogP contribution is 2.16. The molecule has 3 rings (SSSR count). The quantitative estimate of drug-likeness (QED) is 0.873. The van der Waals surface area contributed by atoms with Gasteiger partial charge in [-0.05, 0) is 48.4 Å². The van der Waals surface area contributed by atoms with E-state index in [1.807, 2.05) is 23.1 Å². The number of nitrogen functional groups attached to an aromatic ring is 1. The number of ether oxygens (including phenoxy) is 1. The molecule has 0 aromatic carbocycles. The molecule has 1 fully saturated rings. The Morgan fingerprint density at radius 1 is 1.42 bits per heavy atom. The third kappa shape index (κ3) is 4.79. The molecule has 1 atom stereocenters. The van der Waals surface area contributed by atoms with Crippen LogP contribution in [0.4, 0.5) is 5.82 Å². The fourth-order valence-corrected chi connectivity index (χ4v) is 3.65. The second-order valence-electron chi connectivity index (χ2n) is 6.04. The topological polar surface area (TPSA) is 68.5 Å². The van der Waals surface area contributed by atoms with Crippen molar-refractivity contribution >= 4 is 23.1 Å². The number of carbonyl (C=O) groups excluding carboxylic acids is 1. The van der Waals surface area contributed by atoms with Crippen LogP contribution in [0.2, 0.25) is 0 Å². The van der Waals surface area contributed by atoms with Crippen molar-refractivity contribution in [2.45, 2.75) is 31.8 Å². The molecular weight excluding hydrogens is 322 g/mol. The molecule has 0 radical (unpaired) electrons. The van der Waals surface area contributed by atoms with E-state index in [9.17, 15) is 4.79 Å². The number of morpholine rings is 1. The molecule has 0 aliphatic carbocycles. The van der Waals surface area contributed by atoms with Gasteiger partial charge in [-0.25, -0.2) is 4.98 Å². The van der Waals surface area contributed by atoms with Crippen molar-refractivity contribution in [1.82, 2.24) is 9.88 Å². The summed E-state index contributed by atoms with van der Waals surface area (Å²) < 4.78 is 5.82. The van der Waals surface area contributed by atoms with Gasteiger partial charge in [0, 0.05) is 30.6 Å². The molecular formula is C18H23N3O2S. The molecule has 0 spiro atoms. The Balaban J connectivity index is 1.46. The minimum Gasteiger partial charge on any atom is -0.384 e. The van der Waals surface area contributed by atoms with E-state index in [-0.39, 0.29) is 12.0 Å². The van der Waals surface area contributed by atoms with Crippen LogP contribution in [0, 0.1) is 0 Å². The highest BCUT2D eigenvalue weighted by molar-refractivity contribution is 7.09. The lowest BCUT2D eigenvalue weighted by Crippen LogP contribution is -2.45. The summed E-state index contributed by atoms with van der Waals surface area (Å²) >= 11 is 1.71. The Labute approximate surface area is 146 Å². The fraction of sp³-hybridized carbons (Fsp3) is 0.444. The first kappa shape index (κ1) is 16.9. The zero-order valence-electron chi connectivity index (χ0n) is 13.7. The largest absolute Gasteiger partial charge is 0.384 e. The number of rotatable bonds is 6. The molecule has 1 aliphatic rings. The number of hydrogen-bond donors (Lipinski definition) is 1. The van der Waals surface area contributed by atoms with Gasteiger partial charge in [0.05, 0.1) is 12.7 Å². The zero-order valence-corrected chi connectivity index (χ0v) is 14.5. The number of nitrogens with zero attached hydrogens (tertiary/aromatic N) is 2. The van der Waals surface area contributed by atoms with E-state index in [4.69, 9.17) is 10.5 Å². The lowest BCUT2D eigenvalue weighted by molar-refractivity contribution is -0.138. The maximum absolute atomic E-state index is 12.4. The number of nitrogens with two attached hydrogens (primary N) is 1. The predicted octanol–water partition coefficient (Wildman–Crippen LogP) is 2.52. The first-order valence-corrected chi connectivity index (χ1v) is 9.21. The van der Waals surface area contributed by atoms with Crippen LogP contribution in [0.3, 0.4) is 0 Å². The molecule has 1 saturated heterocycles. The number of pyridine rings is 1. The lowest BCUT2D eigenvalue weighted by Gasteiger charge is -2.33. The summed E-state index contributed by atoms with van der Waals surface area (Å²) in [6.07, 6.45) is 5.00. The Morgan fingerprint density at radius 2 is 2.33 bits per heavy atom. The first-order valence-electron chi connectivity index (χ1n) is 8.33. The highest BCUT2D eigenvalue weighted by atomic mass is 32.1. The number of anilines is 1. The smallest absolute Gasteiger partial charge is 0.223 e. The molecule has 2 N–H and O–H groups in total. The van der Waals surface area contributed by atoms with E-state index >= 15 is 0 Å². The van der Waals surface area contributed by atoms with Crippen molar-refractivity contribution < 1.29 is 9.53 Å². The van der Waals surface area contributed by atoms with Crippen molar-refractivity contribution in [3.8, 4) is 0 Å². The van der Waals surface area contributed by atoms with Crippen molar-refractivity contribution in [2.75, 3.05) is 25.4 Å². The van der Waals surface area contributed by atoms with Crippen LogP contribution in [-0.2, 0) is 22.4 Å². The van der Waals surface area contributed by atoms with Crippen molar-refractivity contribution in [3.63, 3.8) is 0 Å². The molecule has 1 amide bonds. The lowest BCUT2D eigenvalue weighted by atomic mass is 10.1. The van der Waals surface area contributed by atoms with Gasteiger partial charge in [0.1, 0.15) is 5.82 Å². The maximum Gasteiger partial charge on any atom is 0.223 e. The van der Waals surface area contributed by atoms with E-state index in [1.54, 1.807) is 17.5 Å². The van der Waals surface area contributed by atoms with Crippen LogP contribution in [0.25, 0.3) is 0 Å². The van der Waals surface area contributed by atoms with Gasteiger partial charge in [0.25, 0.3) is 0 Å². The number of carbonyl (C=O) groups is 1. The van der Waals surface area contributed by atoms with Crippen LogP contribution in [0.5, 0.6) is 0 Å². The highest BCUT2D eigenvalue weighted by Gasteiger charge is 2.23. The van der Waals surface area contributed by atoms with E-state index in [0.717, 1.165) is 24.8 Å². The second-order valence-corrected chi connectivity index (χ2v) is 7.07. The van der Waals surface area contributed by atoms with E-state index in [0.29, 0.717) is 31.9 Å². The van der Waals surface area contributed by atoms with E-state index < -0.39 is 0 Å². The first-order chi connectivity index (χ1) is 11.7. The summed E-state index contributed by atoms with van der Waals surface area (Å²) in [7, 11) is 0. The fourth-order valence-electron chi connectivity index (χ4n) is 2.94. The molecule has 128 valence electrons. The summed E-state index contributed by atoms with van der Waals surface area (Å²) in [5.74, 6) is 0.771. The van der Waals surface area contributed by atoms with Crippen LogP contribution in [0.1, 0.15) is 23.3 Å². The van der Waals surface area contributed by atoms with Crippen LogP contribution < -0.4 is 5.73 Å². The molecule has 0 unspecified atom stereocenters. The van der Waals surface area contributed by atoms with Gasteiger partial charge in [-0.1, -0.05) is 6.07 Å². The number of hydrogen-bond acceptors (Lipinski definition) is 5. The summed E-state index contributed by atoms with van der Waals surface area (Å²) in [4.78, 5) is 19.6. The molecule has 3 heterocycles. The maximum atomic E-state index is 12.4. The third-order valence-electron chi connectivity index (χ3n) is 4.26. The molecule has 0 bridgehead atoms. The molecule has 6 heteroatoms. The van der Waals surface area contributed by atoms with Crippen molar-refractivity contribution in [1.29, 1.82) is 0 Å². The Hall–Kier alpha value is -1.92. The van der Waals surface area contributed by atoms with E-state index in [2.05, 4.69) is 16.4 Å². The Morgan fingerprint density at radius 3 is 3.12 bits per heavy atom. The third-order valence-corrected chi connectivity index (χ3v) is 5.19. The Bertz CT molecular complexity index is 660. The number of thiophene rings is 1. The Kier molecular flexibility index (Phi) is 5.82. The molecule has 2 aromatic rings. The zero-order chi connectivity index (χ0) is 16.8. The van der Waals surface area contributed by atoms with Gasteiger partial charge in [0.2, 0.25) is 5.91 Å². The van der Waals surface area contributed by atoms with Crippen molar-refractivity contribution in [3.05, 3.63) is 46.3 Å². The molecule has 2 aromatic heterocycles. The SMILES string of the molecule is Nc1cc(CC[C@@H]2CN(C(=O)CCc3cccs3)CCO2)ccn1. The second kappa shape index (κ2) is 8.26. The summed E-state index contributed by atoms with van der Waals surface area (Å²) in [5.41, 5.74) is 6.87. The predicted molar refractivity (Wildman–Crippen MR) is 95.9 cm³/mol. The summed E-state index contributed by atoms with van der Waals surface area (Å²) in [5, 5.41) is 2.05. The molecule has 24 heavy (non-hydrogen) atoms. The molecule has 0 saturated carbocycles. The van der Waals surface area contributed by atoms with Crippen LogP contribution in [-0.4, -0.2) is 41.6 Å². The minimum atomic E-state index is 0.0961. The van der Waals surface area contributed by atoms with Gasteiger partial charge >= 0.3 is 0 Å². The number of aromatic nitrogens is 1. The summed E-state index contributed by atoms with van der Waals surface area (Å²) in [6.45, 7) is 2.00. The van der Waals surface area contributed by atoms with Gasteiger partial charge < -0.3 is 15.4 Å².